The molecule has 5 nitrogen and oxygen atoms in total. The number of hydrogen-bond donors (Lipinski definition) is 2. The first-order chi connectivity index (χ1) is 10.0. The Morgan fingerprint density at radius 3 is 2.71 bits per heavy atom. The van der Waals surface area contributed by atoms with Gasteiger partial charge in [-0.25, -0.2) is 0 Å². The third kappa shape index (κ3) is 10.4. The second-order valence-electron chi connectivity index (χ2n) is 4.91. The highest BCUT2D eigenvalue weighted by Crippen LogP contribution is 2.18. The van der Waals surface area contributed by atoms with Gasteiger partial charge >= 0.3 is 11.9 Å². The number of carbonyl (C=O) groups excluding carboxylic acids is 1. The maximum atomic E-state index is 11.7. The van der Waals surface area contributed by atoms with Gasteiger partial charge < -0.3 is 15.6 Å². The van der Waals surface area contributed by atoms with Gasteiger partial charge in [0.2, 0.25) is 0 Å². The molecule has 0 radical (unpaired) electrons. The molecule has 0 saturated heterocycles. The zero-order valence-corrected chi connectivity index (χ0v) is 13.6. The predicted octanol–water partition coefficient (Wildman–Crippen LogP) is 2.45. The van der Waals surface area contributed by atoms with Gasteiger partial charge in [0.15, 0.2) is 0 Å². The van der Waals surface area contributed by atoms with Gasteiger partial charge in [-0.3, -0.25) is 9.59 Å². The molecular formula is C15H27NO4S. The van der Waals surface area contributed by atoms with Crippen LogP contribution in [0.5, 0.6) is 0 Å². The molecule has 0 rings (SSSR count). The number of esters is 1. The molecule has 3 N–H and O–H groups in total. The van der Waals surface area contributed by atoms with Gasteiger partial charge in [-0.2, -0.15) is 11.8 Å². The molecule has 1 unspecified atom stereocenters. The zero-order valence-electron chi connectivity index (χ0n) is 12.8. The molecule has 2 atom stereocenters. The van der Waals surface area contributed by atoms with Gasteiger partial charge in [-0.15, -0.1) is 6.58 Å². The first-order valence-corrected chi connectivity index (χ1v) is 8.51. The molecule has 0 saturated carbocycles. The molecule has 122 valence electrons. The molecular weight excluding hydrogens is 290 g/mol. The van der Waals surface area contributed by atoms with Crippen LogP contribution in [0.15, 0.2) is 12.7 Å². The summed E-state index contributed by atoms with van der Waals surface area (Å²) < 4.78 is 5.08. The van der Waals surface area contributed by atoms with E-state index in [-0.39, 0.29) is 12.4 Å². The van der Waals surface area contributed by atoms with Crippen molar-refractivity contribution in [1.29, 1.82) is 0 Å². The number of thioether (sulfide) groups is 1. The molecule has 21 heavy (non-hydrogen) atoms. The van der Waals surface area contributed by atoms with E-state index in [1.807, 2.05) is 13.0 Å². The maximum absolute atomic E-state index is 11.7. The van der Waals surface area contributed by atoms with E-state index in [0.29, 0.717) is 12.4 Å². The maximum Gasteiger partial charge on any atom is 0.320 e. The SMILES string of the molecule is C=CCCCSCC(CC(=O)OCCCC)[C@H](N)C(=O)O. The van der Waals surface area contributed by atoms with Crippen molar-refractivity contribution in [3.63, 3.8) is 0 Å². The summed E-state index contributed by atoms with van der Waals surface area (Å²) in [5.74, 6) is -0.386. The fourth-order valence-corrected chi connectivity index (χ4v) is 2.82. The summed E-state index contributed by atoms with van der Waals surface area (Å²) in [5, 5.41) is 9.02. The van der Waals surface area contributed by atoms with Crippen LogP contribution in [0.25, 0.3) is 0 Å². The molecule has 0 aliphatic carbocycles. The minimum Gasteiger partial charge on any atom is -0.480 e. The molecule has 0 bridgehead atoms. The van der Waals surface area contributed by atoms with E-state index < -0.39 is 17.9 Å². The second-order valence-corrected chi connectivity index (χ2v) is 6.06. The average molecular weight is 317 g/mol. The molecule has 0 aromatic heterocycles. The predicted molar refractivity (Wildman–Crippen MR) is 86.3 cm³/mol. The van der Waals surface area contributed by atoms with Crippen LogP contribution in [-0.4, -0.2) is 41.2 Å². The van der Waals surface area contributed by atoms with E-state index in [1.54, 1.807) is 11.8 Å². The quantitative estimate of drug-likeness (QED) is 0.308. The highest BCUT2D eigenvalue weighted by Gasteiger charge is 2.27. The summed E-state index contributed by atoms with van der Waals surface area (Å²) in [6, 6.07) is -1.03. The van der Waals surface area contributed by atoms with Crippen LogP contribution < -0.4 is 5.73 Å². The van der Waals surface area contributed by atoms with Crippen LogP contribution in [0, 0.1) is 5.92 Å². The first kappa shape index (κ1) is 20.0. The summed E-state index contributed by atoms with van der Waals surface area (Å²) in [6.07, 6.45) is 5.60. The molecule has 0 heterocycles. The molecule has 0 aromatic carbocycles. The number of hydrogen-bond acceptors (Lipinski definition) is 5. The topological polar surface area (TPSA) is 89.6 Å². The summed E-state index contributed by atoms with van der Waals surface area (Å²) in [7, 11) is 0. The summed E-state index contributed by atoms with van der Waals surface area (Å²) in [6.45, 7) is 6.05. The van der Waals surface area contributed by atoms with Crippen molar-refractivity contribution in [3.8, 4) is 0 Å². The first-order valence-electron chi connectivity index (χ1n) is 7.35. The molecule has 6 heteroatoms. The van der Waals surface area contributed by atoms with Gasteiger partial charge in [0.1, 0.15) is 6.04 Å². The molecule has 0 fully saturated rings. The van der Waals surface area contributed by atoms with Gasteiger partial charge in [0.25, 0.3) is 0 Å². The number of carboxylic acids is 1. The number of ether oxygens (including phenoxy) is 1. The lowest BCUT2D eigenvalue weighted by atomic mass is 9.99. The van der Waals surface area contributed by atoms with Gasteiger partial charge in [0.05, 0.1) is 13.0 Å². The van der Waals surface area contributed by atoms with Crippen LogP contribution in [0.3, 0.4) is 0 Å². The van der Waals surface area contributed by atoms with Crippen molar-refractivity contribution in [1.82, 2.24) is 0 Å². The lowest BCUT2D eigenvalue weighted by Gasteiger charge is -2.19. The number of nitrogens with two attached hydrogens (primary N) is 1. The summed E-state index contributed by atoms with van der Waals surface area (Å²) in [4.78, 5) is 22.7. The Morgan fingerprint density at radius 2 is 2.14 bits per heavy atom. The molecule has 0 aliphatic heterocycles. The van der Waals surface area contributed by atoms with E-state index >= 15 is 0 Å². The Morgan fingerprint density at radius 1 is 1.43 bits per heavy atom. The fraction of sp³-hybridized carbons (Fsp3) is 0.733. The number of aliphatic carboxylic acids is 1. The summed E-state index contributed by atoms with van der Waals surface area (Å²) in [5.41, 5.74) is 5.67. The van der Waals surface area contributed by atoms with E-state index in [2.05, 4.69) is 6.58 Å². The zero-order chi connectivity index (χ0) is 16.1. The lowest BCUT2D eigenvalue weighted by Crippen LogP contribution is -2.40. The van der Waals surface area contributed by atoms with Crippen molar-refractivity contribution in [2.24, 2.45) is 11.7 Å². The standard InChI is InChI=1S/C15H27NO4S/c1-3-5-7-9-21-11-12(14(16)15(18)19)10-13(17)20-8-6-4-2/h3,12,14H,1,4-11,16H2,2H3,(H,18,19)/t12?,14-/m0/s1. The smallest absolute Gasteiger partial charge is 0.320 e. The van der Waals surface area contributed by atoms with Gasteiger partial charge in [0, 0.05) is 5.92 Å². The number of carbonyl (C=O) groups is 2. The van der Waals surface area contributed by atoms with E-state index in [9.17, 15) is 9.59 Å². The highest BCUT2D eigenvalue weighted by molar-refractivity contribution is 7.99. The third-order valence-corrected chi connectivity index (χ3v) is 4.25. The molecule has 0 aliphatic rings. The monoisotopic (exact) mass is 317 g/mol. The Balaban J connectivity index is 4.22. The summed E-state index contributed by atoms with van der Waals surface area (Å²) >= 11 is 1.62. The number of unbranched alkanes of at least 4 members (excludes halogenated alkanes) is 2. The Bertz CT molecular complexity index is 323. The van der Waals surface area contributed by atoms with E-state index in [4.69, 9.17) is 15.6 Å². The van der Waals surface area contributed by atoms with Gasteiger partial charge in [-0.05, 0) is 30.8 Å². The second kappa shape index (κ2) is 12.7. The lowest BCUT2D eigenvalue weighted by molar-refractivity contribution is -0.146. The van der Waals surface area contributed by atoms with Crippen LogP contribution in [0.1, 0.15) is 39.0 Å². The van der Waals surface area contributed by atoms with Crippen LogP contribution in [0.2, 0.25) is 0 Å². The minimum atomic E-state index is -1.08. The molecule has 0 aromatic rings. The minimum absolute atomic E-state index is 0.0612. The van der Waals surface area contributed by atoms with Crippen LogP contribution in [0.4, 0.5) is 0 Å². The molecule has 0 spiro atoms. The number of allylic oxidation sites excluding steroid dienone is 1. The molecule has 0 amide bonds. The highest BCUT2D eigenvalue weighted by atomic mass is 32.2. The largest absolute Gasteiger partial charge is 0.480 e. The number of carboxylic acid groups (broad SMARTS) is 1. The van der Waals surface area contributed by atoms with E-state index in [0.717, 1.165) is 31.4 Å². The fourth-order valence-electron chi connectivity index (χ4n) is 1.66. The van der Waals surface area contributed by atoms with Crippen LogP contribution >= 0.6 is 11.8 Å². The van der Waals surface area contributed by atoms with Crippen molar-refractivity contribution in [3.05, 3.63) is 12.7 Å². The Hall–Kier alpha value is -1.01. The Labute approximate surface area is 131 Å². The Kier molecular flexibility index (Phi) is 12.1. The normalized spacial score (nSPS) is 13.4. The average Bonchev–Trinajstić information content (AvgIpc) is 2.45. The van der Waals surface area contributed by atoms with Crippen LogP contribution in [-0.2, 0) is 14.3 Å². The van der Waals surface area contributed by atoms with Gasteiger partial charge in [-0.1, -0.05) is 19.4 Å². The van der Waals surface area contributed by atoms with Crippen molar-refractivity contribution >= 4 is 23.7 Å². The van der Waals surface area contributed by atoms with Crippen molar-refractivity contribution in [2.45, 2.75) is 45.1 Å². The third-order valence-electron chi connectivity index (χ3n) is 3.01. The van der Waals surface area contributed by atoms with Crippen molar-refractivity contribution < 1.29 is 19.4 Å². The van der Waals surface area contributed by atoms with E-state index in [1.165, 1.54) is 0 Å². The van der Waals surface area contributed by atoms with Crippen molar-refractivity contribution in [2.75, 3.05) is 18.1 Å². The number of rotatable bonds is 13.